The molecule has 25 heavy (non-hydrogen) atoms. The zero-order chi connectivity index (χ0) is 18.6. The highest BCUT2D eigenvalue weighted by atomic mass is 32.2. The van der Waals surface area contributed by atoms with Gasteiger partial charge in [0.2, 0.25) is 0 Å². The zero-order valence-corrected chi connectivity index (χ0v) is 15.0. The maximum absolute atomic E-state index is 12.0. The molecular formula is C17H20N2O5S. The fraction of sp³-hybridized carbons (Fsp3) is 0.294. The first kappa shape index (κ1) is 18.9. The Bertz CT molecular complexity index is 878. The standard InChI is InChI=1S/C17H20N2O5S/c1-12(2)24-11-13-5-4-6-14(9-13)18-16-8-7-15(19(20)21)10-17(16)25(3,22)23/h4-10,12,18H,11H2,1-3H3. The van der Waals surface area contributed by atoms with Crippen LogP contribution in [0.2, 0.25) is 0 Å². The number of nitrogens with one attached hydrogen (secondary N) is 1. The van der Waals surface area contributed by atoms with Gasteiger partial charge in [0.15, 0.2) is 9.84 Å². The van der Waals surface area contributed by atoms with Crippen molar-refractivity contribution in [3.8, 4) is 0 Å². The Labute approximate surface area is 146 Å². The van der Waals surface area contributed by atoms with Crippen molar-refractivity contribution in [2.24, 2.45) is 0 Å². The van der Waals surface area contributed by atoms with Gasteiger partial charge < -0.3 is 10.1 Å². The van der Waals surface area contributed by atoms with E-state index in [1.54, 1.807) is 6.07 Å². The number of sulfone groups is 1. The molecule has 0 fully saturated rings. The second-order valence-electron chi connectivity index (χ2n) is 5.89. The molecule has 2 rings (SSSR count). The first-order valence-electron chi connectivity index (χ1n) is 7.63. The summed E-state index contributed by atoms with van der Waals surface area (Å²) in [6.45, 7) is 4.32. The zero-order valence-electron chi connectivity index (χ0n) is 14.2. The summed E-state index contributed by atoms with van der Waals surface area (Å²) in [6.07, 6.45) is 1.12. The summed E-state index contributed by atoms with van der Waals surface area (Å²) in [6, 6.07) is 11.1. The lowest BCUT2D eigenvalue weighted by Gasteiger charge is -2.13. The van der Waals surface area contributed by atoms with Gasteiger partial charge in [-0.3, -0.25) is 10.1 Å². The van der Waals surface area contributed by atoms with Crippen molar-refractivity contribution < 1.29 is 18.1 Å². The third-order valence-corrected chi connectivity index (χ3v) is 4.50. The normalized spacial score (nSPS) is 11.5. The molecule has 8 heteroatoms. The third kappa shape index (κ3) is 5.27. The topological polar surface area (TPSA) is 98.5 Å². The van der Waals surface area contributed by atoms with Crippen LogP contribution in [0.5, 0.6) is 0 Å². The number of hydrogen-bond donors (Lipinski definition) is 1. The van der Waals surface area contributed by atoms with Crippen LogP contribution >= 0.6 is 0 Å². The van der Waals surface area contributed by atoms with Crippen molar-refractivity contribution in [2.45, 2.75) is 31.5 Å². The number of nitro benzene ring substituents is 1. The first-order chi connectivity index (χ1) is 11.7. The molecule has 1 N–H and O–H groups in total. The second kappa shape index (κ2) is 7.62. The van der Waals surface area contributed by atoms with Gasteiger partial charge >= 0.3 is 0 Å². The SMILES string of the molecule is CC(C)OCc1cccc(Nc2ccc([N+](=O)[O-])cc2S(C)(=O)=O)c1. The number of rotatable bonds is 7. The third-order valence-electron chi connectivity index (χ3n) is 3.36. The number of ether oxygens (including phenoxy) is 1. The van der Waals surface area contributed by atoms with Gasteiger partial charge in [-0.25, -0.2) is 8.42 Å². The quantitative estimate of drug-likeness (QED) is 0.594. The summed E-state index contributed by atoms with van der Waals surface area (Å²) in [5, 5.41) is 13.9. The van der Waals surface area contributed by atoms with Gasteiger partial charge in [0.25, 0.3) is 5.69 Å². The molecule has 0 saturated carbocycles. The Morgan fingerprint density at radius 1 is 1.20 bits per heavy atom. The van der Waals surface area contributed by atoms with Crippen LogP contribution in [0.25, 0.3) is 0 Å². The predicted octanol–water partition coefficient (Wildman–Crippen LogP) is 3.67. The van der Waals surface area contributed by atoms with Crippen LogP contribution in [0, 0.1) is 10.1 Å². The lowest BCUT2D eigenvalue weighted by molar-refractivity contribution is -0.385. The molecule has 0 unspecified atom stereocenters. The Morgan fingerprint density at radius 3 is 2.52 bits per heavy atom. The molecule has 0 amide bonds. The van der Waals surface area contributed by atoms with Crippen LogP contribution in [-0.2, 0) is 21.2 Å². The van der Waals surface area contributed by atoms with Gasteiger partial charge in [-0.05, 0) is 37.6 Å². The van der Waals surface area contributed by atoms with Crippen LogP contribution in [0.1, 0.15) is 19.4 Å². The van der Waals surface area contributed by atoms with E-state index in [0.717, 1.165) is 17.9 Å². The maximum atomic E-state index is 12.0. The lowest BCUT2D eigenvalue weighted by atomic mass is 10.2. The smallest absolute Gasteiger partial charge is 0.270 e. The van der Waals surface area contributed by atoms with Crippen LogP contribution in [-0.4, -0.2) is 25.7 Å². The monoisotopic (exact) mass is 364 g/mol. The number of hydrogen-bond acceptors (Lipinski definition) is 6. The molecule has 0 atom stereocenters. The number of benzene rings is 2. The summed E-state index contributed by atoms with van der Waals surface area (Å²) < 4.78 is 29.5. The van der Waals surface area contributed by atoms with Gasteiger partial charge in [0.05, 0.1) is 28.2 Å². The number of anilines is 2. The number of non-ortho nitro benzene ring substituents is 1. The maximum Gasteiger partial charge on any atom is 0.270 e. The van der Waals surface area contributed by atoms with Crippen LogP contribution < -0.4 is 5.32 Å². The minimum absolute atomic E-state index is 0.100. The summed E-state index contributed by atoms with van der Waals surface area (Å²) in [5.41, 5.74) is 1.62. The Balaban J connectivity index is 2.34. The van der Waals surface area contributed by atoms with E-state index in [9.17, 15) is 18.5 Å². The van der Waals surface area contributed by atoms with E-state index < -0.39 is 14.8 Å². The highest BCUT2D eigenvalue weighted by Crippen LogP contribution is 2.29. The molecule has 0 aliphatic rings. The van der Waals surface area contributed by atoms with Crippen LogP contribution in [0.3, 0.4) is 0 Å². The van der Waals surface area contributed by atoms with Crippen LogP contribution in [0.15, 0.2) is 47.4 Å². The Kier molecular flexibility index (Phi) is 5.76. The summed E-state index contributed by atoms with van der Waals surface area (Å²) >= 11 is 0. The molecule has 134 valence electrons. The number of nitrogens with zero attached hydrogens (tertiary/aromatic N) is 1. The van der Waals surface area contributed by atoms with Crippen molar-refractivity contribution in [3.05, 3.63) is 58.1 Å². The summed E-state index contributed by atoms with van der Waals surface area (Å²) in [7, 11) is -3.63. The molecule has 0 spiro atoms. The average Bonchev–Trinajstić information content (AvgIpc) is 2.52. The van der Waals surface area contributed by atoms with Gasteiger partial charge in [0.1, 0.15) is 0 Å². The van der Waals surface area contributed by atoms with E-state index >= 15 is 0 Å². The van der Waals surface area contributed by atoms with Crippen molar-refractivity contribution >= 4 is 26.9 Å². The largest absolute Gasteiger partial charge is 0.374 e. The van der Waals surface area contributed by atoms with Gasteiger partial charge in [-0.2, -0.15) is 0 Å². The van der Waals surface area contributed by atoms with Crippen molar-refractivity contribution in [3.63, 3.8) is 0 Å². The van der Waals surface area contributed by atoms with Gasteiger partial charge in [-0.1, -0.05) is 12.1 Å². The summed E-state index contributed by atoms with van der Waals surface area (Å²) in [5.74, 6) is 0. The molecule has 2 aromatic carbocycles. The van der Waals surface area contributed by atoms with Gasteiger partial charge in [-0.15, -0.1) is 0 Å². The molecule has 7 nitrogen and oxygen atoms in total. The van der Waals surface area contributed by atoms with E-state index in [1.165, 1.54) is 12.1 Å². The van der Waals surface area contributed by atoms with Gasteiger partial charge in [0, 0.05) is 24.1 Å². The second-order valence-corrected chi connectivity index (χ2v) is 7.88. The van der Waals surface area contributed by atoms with E-state index in [1.807, 2.05) is 32.0 Å². The predicted molar refractivity (Wildman–Crippen MR) is 95.9 cm³/mol. The Morgan fingerprint density at radius 2 is 1.92 bits per heavy atom. The molecular weight excluding hydrogens is 344 g/mol. The fourth-order valence-electron chi connectivity index (χ4n) is 2.19. The minimum Gasteiger partial charge on any atom is -0.374 e. The molecule has 0 radical (unpaired) electrons. The molecule has 0 aliphatic carbocycles. The molecule has 2 aromatic rings. The molecule has 0 bridgehead atoms. The highest BCUT2D eigenvalue weighted by Gasteiger charge is 2.18. The van der Waals surface area contributed by atoms with E-state index in [2.05, 4.69) is 5.32 Å². The number of nitro groups is 1. The van der Waals surface area contributed by atoms with E-state index in [-0.39, 0.29) is 22.4 Å². The fourth-order valence-corrected chi connectivity index (χ4v) is 3.05. The van der Waals surface area contributed by atoms with E-state index in [4.69, 9.17) is 4.74 Å². The van der Waals surface area contributed by atoms with Crippen molar-refractivity contribution in [2.75, 3.05) is 11.6 Å². The first-order valence-corrected chi connectivity index (χ1v) is 9.52. The minimum atomic E-state index is -3.63. The molecule has 0 aromatic heterocycles. The lowest BCUT2D eigenvalue weighted by Crippen LogP contribution is -2.05. The Hall–Kier alpha value is -2.45. The van der Waals surface area contributed by atoms with E-state index in [0.29, 0.717) is 12.3 Å². The van der Waals surface area contributed by atoms with Crippen LogP contribution in [0.4, 0.5) is 17.1 Å². The molecule has 0 saturated heterocycles. The summed E-state index contributed by atoms with van der Waals surface area (Å²) in [4.78, 5) is 10.2. The van der Waals surface area contributed by atoms with Crippen molar-refractivity contribution in [1.29, 1.82) is 0 Å². The average molecular weight is 364 g/mol. The highest BCUT2D eigenvalue weighted by molar-refractivity contribution is 7.90. The molecule has 0 heterocycles. The molecule has 0 aliphatic heterocycles. The van der Waals surface area contributed by atoms with Crippen molar-refractivity contribution in [1.82, 2.24) is 0 Å².